The van der Waals surface area contributed by atoms with Gasteiger partial charge in [-0.05, 0) is 63.1 Å². The molecule has 0 aliphatic carbocycles. The molecule has 0 saturated heterocycles. The van der Waals surface area contributed by atoms with E-state index in [9.17, 15) is 18.0 Å². The molecule has 214 valence electrons. The summed E-state index contributed by atoms with van der Waals surface area (Å²) >= 11 is 12.6. The van der Waals surface area contributed by atoms with Gasteiger partial charge in [-0.1, -0.05) is 77.3 Å². The third-order valence-electron chi connectivity index (χ3n) is 6.21. The number of amides is 2. The van der Waals surface area contributed by atoms with Crippen LogP contribution in [0.25, 0.3) is 0 Å². The highest BCUT2D eigenvalue weighted by Crippen LogP contribution is 2.25. The molecule has 3 aromatic carbocycles. The summed E-state index contributed by atoms with van der Waals surface area (Å²) in [6.07, 6.45) is 0.216. The number of likely N-dealkylation sites (N-methyl/N-ethyl adjacent to an activating group) is 1. The van der Waals surface area contributed by atoms with Gasteiger partial charge in [0.05, 0.1) is 11.4 Å². The molecular weight excluding hydrogens is 569 g/mol. The van der Waals surface area contributed by atoms with E-state index in [0.717, 1.165) is 15.4 Å². The molecule has 2 amide bonds. The first kappa shape index (κ1) is 31.6. The topological polar surface area (TPSA) is 86.8 Å². The van der Waals surface area contributed by atoms with Crippen LogP contribution in [0.2, 0.25) is 10.0 Å². The zero-order valence-electron chi connectivity index (χ0n) is 23.3. The average molecular weight is 605 g/mol. The Balaban J connectivity index is 2.02. The standard InChI is InChI=1S/C30H35Cl2N3O4S/c1-21-11-15-25(16-12-21)40(38,39)34(5)20-28(36)35(19-23-13-14-24(31)18-26(23)32)27(29(37)33-30(2,3)4)17-22-9-7-6-8-10-22/h6-16,18,27H,17,19-20H2,1-5H3,(H,33,37)/t27-/m0/s1. The highest BCUT2D eigenvalue weighted by molar-refractivity contribution is 7.89. The number of carbonyl (C=O) groups is 2. The molecular formula is C30H35Cl2N3O4S. The summed E-state index contributed by atoms with van der Waals surface area (Å²) in [6, 6.07) is 19.7. The molecule has 0 fully saturated rings. The number of nitrogens with zero attached hydrogens (tertiary/aromatic N) is 2. The smallest absolute Gasteiger partial charge is 0.243 e. The van der Waals surface area contributed by atoms with E-state index in [-0.39, 0.29) is 23.8 Å². The number of nitrogens with one attached hydrogen (secondary N) is 1. The monoisotopic (exact) mass is 603 g/mol. The second-order valence-corrected chi connectivity index (χ2v) is 13.7. The number of carbonyl (C=O) groups excluding carboxylic acids is 2. The minimum absolute atomic E-state index is 0.0255. The SMILES string of the molecule is Cc1ccc(S(=O)(=O)N(C)CC(=O)N(Cc2ccc(Cl)cc2Cl)[C@@H](Cc2ccccc2)C(=O)NC(C)(C)C)cc1. The number of halogens is 2. The zero-order valence-corrected chi connectivity index (χ0v) is 25.6. The molecule has 0 aliphatic rings. The minimum Gasteiger partial charge on any atom is -0.350 e. The van der Waals surface area contributed by atoms with Gasteiger partial charge in [-0.2, -0.15) is 4.31 Å². The fourth-order valence-corrected chi connectivity index (χ4v) is 5.69. The van der Waals surface area contributed by atoms with Gasteiger partial charge in [-0.15, -0.1) is 0 Å². The first-order valence-corrected chi connectivity index (χ1v) is 15.0. The van der Waals surface area contributed by atoms with E-state index in [1.165, 1.54) is 24.1 Å². The average Bonchev–Trinajstić information content (AvgIpc) is 2.87. The lowest BCUT2D eigenvalue weighted by molar-refractivity contribution is -0.141. The van der Waals surface area contributed by atoms with Gasteiger partial charge in [0.1, 0.15) is 6.04 Å². The molecule has 0 aromatic heterocycles. The Labute approximate surface area is 247 Å². The predicted molar refractivity (Wildman–Crippen MR) is 160 cm³/mol. The third kappa shape index (κ3) is 8.54. The van der Waals surface area contributed by atoms with Gasteiger partial charge in [-0.25, -0.2) is 8.42 Å². The van der Waals surface area contributed by atoms with Crippen LogP contribution in [0, 0.1) is 6.92 Å². The van der Waals surface area contributed by atoms with Crippen LogP contribution in [0.15, 0.2) is 77.7 Å². The van der Waals surface area contributed by atoms with Crippen LogP contribution in [0.3, 0.4) is 0 Å². The van der Waals surface area contributed by atoms with E-state index >= 15 is 0 Å². The largest absolute Gasteiger partial charge is 0.350 e. The molecule has 3 aromatic rings. The van der Waals surface area contributed by atoms with Crippen LogP contribution in [-0.2, 0) is 32.6 Å². The van der Waals surface area contributed by atoms with E-state index < -0.39 is 34.1 Å². The van der Waals surface area contributed by atoms with Crippen molar-refractivity contribution in [1.82, 2.24) is 14.5 Å². The van der Waals surface area contributed by atoms with E-state index in [2.05, 4.69) is 5.32 Å². The van der Waals surface area contributed by atoms with Gasteiger partial charge in [0.15, 0.2) is 0 Å². The maximum Gasteiger partial charge on any atom is 0.243 e. The Kier molecular flexibility index (Phi) is 10.4. The Bertz CT molecular complexity index is 1440. The van der Waals surface area contributed by atoms with Crippen molar-refractivity contribution < 1.29 is 18.0 Å². The maximum atomic E-state index is 13.9. The van der Waals surface area contributed by atoms with Gasteiger partial charge in [0, 0.05) is 35.6 Å². The van der Waals surface area contributed by atoms with Gasteiger partial charge >= 0.3 is 0 Å². The molecule has 1 N–H and O–H groups in total. The summed E-state index contributed by atoms with van der Waals surface area (Å²) in [5, 5.41) is 3.75. The van der Waals surface area contributed by atoms with Crippen molar-refractivity contribution in [2.45, 2.75) is 57.1 Å². The fraction of sp³-hybridized carbons (Fsp3) is 0.333. The van der Waals surface area contributed by atoms with E-state index in [1.54, 1.807) is 30.3 Å². The number of hydrogen-bond acceptors (Lipinski definition) is 4. The van der Waals surface area contributed by atoms with E-state index in [0.29, 0.717) is 15.6 Å². The second kappa shape index (κ2) is 13.2. The zero-order chi connectivity index (χ0) is 29.7. The number of benzene rings is 3. The lowest BCUT2D eigenvalue weighted by Gasteiger charge is -2.34. The van der Waals surface area contributed by atoms with Crippen LogP contribution >= 0.6 is 23.2 Å². The molecule has 0 bridgehead atoms. The summed E-state index contributed by atoms with van der Waals surface area (Å²) in [4.78, 5) is 29.1. The summed E-state index contributed by atoms with van der Waals surface area (Å²) in [6.45, 7) is 6.93. The highest BCUT2D eigenvalue weighted by atomic mass is 35.5. The minimum atomic E-state index is -3.96. The van der Waals surface area contributed by atoms with Crippen molar-refractivity contribution in [3.05, 3.63) is 99.5 Å². The lowest BCUT2D eigenvalue weighted by atomic mass is 10.0. The van der Waals surface area contributed by atoms with Crippen molar-refractivity contribution in [3.63, 3.8) is 0 Å². The predicted octanol–water partition coefficient (Wildman–Crippen LogP) is 5.48. The fourth-order valence-electron chi connectivity index (χ4n) is 4.10. The first-order valence-electron chi connectivity index (χ1n) is 12.8. The highest BCUT2D eigenvalue weighted by Gasteiger charge is 2.34. The third-order valence-corrected chi connectivity index (χ3v) is 8.62. The maximum absolute atomic E-state index is 13.9. The molecule has 7 nitrogen and oxygen atoms in total. The Hall–Kier alpha value is -2.91. The number of hydrogen-bond donors (Lipinski definition) is 1. The number of sulfonamides is 1. The summed E-state index contributed by atoms with van der Waals surface area (Å²) < 4.78 is 27.5. The van der Waals surface area contributed by atoms with Crippen molar-refractivity contribution in [2.24, 2.45) is 0 Å². The summed E-state index contributed by atoms with van der Waals surface area (Å²) in [5.41, 5.74) is 1.77. The normalized spacial score (nSPS) is 12.7. The molecule has 0 spiro atoms. The molecule has 0 unspecified atom stereocenters. The lowest BCUT2D eigenvalue weighted by Crippen LogP contribution is -2.56. The van der Waals surface area contributed by atoms with Crippen LogP contribution < -0.4 is 5.32 Å². The Morgan fingerprint density at radius 1 is 0.950 bits per heavy atom. The number of rotatable bonds is 10. The molecule has 40 heavy (non-hydrogen) atoms. The van der Waals surface area contributed by atoms with Crippen LogP contribution in [-0.4, -0.2) is 54.6 Å². The molecule has 0 aliphatic heterocycles. The van der Waals surface area contributed by atoms with Gasteiger partial charge in [0.25, 0.3) is 0 Å². The van der Waals surface area contributed by atoms with Crippen molar-refractivity contribution in [1.29, 1.82) is 0 Å². The summed E-state index contributed by atoms with van der Waals surface area (Å²) in [7, 11) is -2.61. The van der Waals surface area contributed by atoms with E-state index in [1.807, 2.05) is 58.0 Å². The molecule has 0 saturated carbocycles. The van der Waals surface area contributed by atoms with Gasteiger partial charge < -0.3 is 10.2 Å². The summed E-state index contributed by atoms with van der Waals surface area (Å²) in [5.74, 6) is -0.909. The number of aryl methyl sites for hydroxylation is 1. The first-order chi connectivity index (χ1) is 18.7. The van der Waals surface area contributed by atoms with E-state index in [4.69, 9.17) is 23.2 Å². The second-order valence-electron chi connectivity index (χ2n) is 10.8. The van der Waals surface area contributed by atoms with Crippen LogP contribution in [0.4, 0.5) is 0 Å². The molecule has 0 heterocycles. The van der Waals surface area contributed by atoms with Crippen LogP contribution in [0.1, 0.15) is 37.5 Å². The molecule has 10 heteroatoms. The van der Waals surface area contributed by atoms with Gasteiger partial charge in [0.2, 0.25) is 21.8 Å². The quantitative estimate of drug-likeness (QED) is 0.332. The Morgan fingerprint density at radius 2 is 1.57 bits per heavy atom. The van der Waals surface area contributed by atoms with Crippen molar-refractivity contribution in [3.8, 4) is 0 Å². The molecule has 0 radical (unpaired) electrons. The molecule has 1 atom stereocenters. The van der Waals surface area contributed by atoms with Crippen LogP contribution in [0.5, 0.6) is 0 Å². The van der Waals surface area contributed by atoms with Crippen molar-refractivity contribution >= 4 is 45.0 Å². The molecule has 3 rings (SSSR count). The Morgan fingerprint density at radius 3 is 2.15 bits per heavy atom. The van der Waals surface area contributed by atoms with Gasteiger partial charge in [-0.3, -0.25) is 9.59 Å². The van der Waals surface area contributed by atoms with Crippen molar-refractivity contribution in [2.75, 3.05) is 13.6 Å².